The largest absolute Gasteiger partial charge is 0.394 e. The average molecular weight is 1000 g/mol. The molecule has 1 amide bonds. The van der Waals surface area contributed by atoms with Crippen LogP contribution in [0, 0.1) is 0 Å². The molecule has 0 heterocycles. The van der Waals surface area contributed by atoms with Gasteiger partial charge in [-0.2, -0.15) is 0 Å². The molecule has 0 fully saturated rings. The summed E-state index contributed by atoms with van der Waals surface area (Å²) in [5, 5.41) is 23.4. The van der Waals surface area contributed by atoms with Crippen molar-refractivity contribution < 1.29 is 15.0 Å². The Hall–Kier alpha value is -2.43. The maximum absolute atomic E-state index is 12.5. The van der Waals surface area contributed by atoms with E-state index >= 15 is 0 Å². The van der Waals surface area contributed by atoms with Crippen molar-refractivity contribution in [1.29, 1.82) is 0 Å². The van der Waals surface area contributed by atoms with Gasteiger partial charge in [-0.1, -0.05) is 330 Å². The van der Waals surface area contributed by atoms with Crippen LogP contribution in [0.1, 0.15) is 322 Å². The first-order chi connectivity index (χ1) is 35.7. The number of allylic oxidation sites excluding steroid dienone is 14. The molecule has 0 aromatic carbocycles. The van der Waals surface area contributed by atoms with Crippen LogP contribution < -0.4 is 5.32 Å². The van der Waals surface area contributed by atoms with Crippen LogP contribution in [-0.4, -0.2) is 34.9 Å². The van der Waals surface area contributed by atoms with Crippen LogP contribution in [0.25, 0.3) is 0 Å². The minimum absolute atomic E-state index is 0.0419. The molecule has 418 valence electrons. The molecule has 4 nitrogen and oxygen atoms in total. The van der Waals surface area contributed by atoms with Crippen molar-refractivity contribution in [2.45, 2.75) is 334 Å². The molecule has 0 aromatic rings. The van der Waals surface area contributed by atoms with Crippen LogP contribution in [0.2, 0.25) is 0 Å². The third-order valence-electron chi connectivity index (χ3n) is 14.4. The van der Waals surface area contributed by atoms with Gasteiger partial charge in [0.1, 0.15) is 0 Å². The van der Waals surface area contributed by atoms with Crippen molar-refractivity contribution in [3.63, 3.8) is 0 Å². The summed E-state index contributed by atoms with van der Waals surface area (Å²) < 4.78 is 0. The first-order valence-corrected chi connectivity index (χ1v) is 31.8. The molecule has 0 aliphatic heterocycles. The Kier molecular flexibility index (Phi) is 60.7. The van der Waals surface area contributed by atoms with Crippen LogP contribution in [0.4, 0.5) is 0 Å². The summed E-state index contributed by atoms with van der Waals surface area (Å²) in [6.07, 6.45) is 91.7. The van der Waals surface area contributed by atoms with E-state index in [-0.39, 0.29) is 12.5 Å². The van der Waals surface area contributed by atoms with Crippen LogP contribution in [-0.2, 0) is 4.79 Å². The van der Waals surface area contributed by atoms with Crippen LogP contribution in [0.15, 0.2) is 85.1 Å². The Balaban J connectivity index is 3.49. The number of nitrogens with one attached hydrogen (secondary N) is 1. The van der Waals surface area contributed by atoms with Gasteiger partial charge in [0.2, 0.25) is 5.91 Å². The molecule has 0 aromatic heterocycles. The van der Waals surface area contributed by atoms with Crippen LogP contribution in [0.5, 0.6) is 0 Å². The van der Waals surface area contributed by atoms with Crippen LogP contribution >= 0.6 is 0 Å². The lowest BCUT2D eigenvalue weighted by molar-refractivity contribution is -0.123. The fourth-order valence-electron chi connectivity index (χ4n) is 9.64. The standard InChI is InChI=1S/C68H123NO3/c1-3-5-7-9-11-13-15-17-19-21-23-25-27-29-31-33-34-36-37-39-41-43-45-47-49-51-53-55-57-59-61-63-67(71)66(65-70)69-68(72)64-62-60-58-56-54-52-50-48-46-44-42-40-38-35-32-30-28-26-24-22-20-18-16-14-12-10-8-6-4-2/h6,8,12,14,18,20,24,26,30,32,38,40,44,46,66-67,70-71H,3-5,7,9-11,13,15-17,19,21-23,25,27-29,31,33-37,39,41-43,45,47-65H2,1-2H3,(H,69,72)/b8-6-,14-12-,20-18-,26-24-,32-30-,40-38-,46-44-. The maximum Gasteiger partial charge on any atom is 0.220 e. The highest BCUT2D eigenvalue weighted by Gasteiger charge is 2.20. The molecule has 3 N–H and O–H groups in total. The Morgan fingerprint density at radius 1 is 0.347 bits per heavy atom. The first kappa shape index (κ1) is 69.6. The zero-order chi connectivity index (χ0) is 52.0. The number of aliphatic hydroxyl groups is 2. The Morgan fingerprint density at radius 3 is 0.917 bits per heavy atom. The second-order valence-electron chi connectivity index (χ2n) is 21.5. The van der Waals surface area contributed by atoms with E-state index in [1.807, 2.05) is 0 Å². The van der Waals surface area contributed by atoms with Gasteiger partial charge in [0.15, 0.2) is 0 Å². The van der Waals surface area contributed by atoms with E-state index < -0.39 is 12.1 Å². The van der Waals surface area contributed by atoms with Gasteiger partial charge < -0.3 is 15.5 Å². The number of unbranched alkanes of at least 4 members (excludes halogenated alkanes) is 37. The molecule has 72 heavy (non-hydrogen) atoms. The van der Waals surface area contributed by atoms with E-state index in [0.29, 0.717) is 12.8 Å². The van der Waals surface area contributed by atoms with Crippen molar-refractivity contribution in [2.24, 2.45) is 0 Å². The summed E-state index contributed by atoms with van der Waals surface area (Å²) in [5.41, 5.74) is 0. The number of hydrogen-bond donors (Lipinski definition) is 3. The highest BCUT2D eigenvalue weighted by Crippen LogP contribution is 2.18. The van der Waals surface area contributed by atoms with Gasteiger partial charge >= 0.3 is 0 Å². The lowest BCUT2D eigenvalue weighted by atomic mass is 10.0. The molecule has 0 saturated heterocycles. The number of carbonyl (C=O) groups excluding carboxylic acids is 1. The Morgan fingerprint density at radius 2 is 0.611 bits per heavy atom. The zero-order valence-corrected chi connectivity index (χ0v) is 48.2. The van der Waals surface area contributed by atoms with Gasteiger partial charge in [-0.15, -0.1) is 0 Å². The van der Waals surface area contributed by atoms with E-state index in [2.05, 4.69) is 104 Å². The molecule has 0 bridgehead atoms. The zero-order valence-electron chi connectivity index (χ0n) is 48.2. The minimum Gasteiger partial charge on any atom is -0.394 e. The summed E-state index contributed by atoms with van der Waals surface area (Å²) in [6, 6.07) is -0.550. The highest BCUT2D eigenvalue weighted by molar-refractivity contribution is 5.76. The molecule has 0 aliphatic rings. The molecule has 0 radical (unpaired) electrons. The summed E-state index contributed by atoms with van der Waals surface area (Å²) in [5.74, 6) is -0.0419. The second kappa shape index (κ2) is 62.9. The normalized spacial score (nSPS) is 13.3. The number of amides is 1. The quantitative estimate of drug-likeness (QED) is 0.0420. The predicted molar refractivity (Wildman–Crippen MR) is 322 cm³/mol. The molecule has 2 atom stereocenters. The monoisotopic (exact) mass is 1000 g/mol. The SMILES string of the molecule is CC/C=C\C/C=C\C/C=C\C/C=C\C/C=C\C/C=C\C/C=C\CCCCCCCCCC(=O)NC(CO)C(O)CCCCCCCCCCCCCCCCCCCCCCCCCCCCCCCCC. The van der Waals surface area contributed by atoms with Crippen molar-refractivity contribution in [2.75, 3.05) is 6.61 Å². The van der Waals surface area contributed by atoms with E-state index in [9.17, 15) is 15.0 Å². The summed E-state index contributed by atoms with van der Waals surface area (Å²) in [7, 11) is 0. The van der Waals surface area contributed by atoms with E-state index in [1.54, 1.807) is 0 Å². The van der Waals surface area contributed by atoms with Crippen molar-refractivity contribution in [1.82, 2.24) is 5.32 Å². The molecule has 0 saturated carbocycles. The molecule has 4 heteroatoms. The van der Waals surface area contributed by atoms with Crippen molar-refractivity contribution in [3.8, 4) is 0 Å². The van der Waals surface area contributed by atoms with Crippen molar-refractivity contribution in [3.05, 3.63) is 85.1 Å². The third kappa shape index (κ3) is 58.5. The van der Waals surface area contributed by atoms with Gasteiger partial charge in [0.05, 0.1) is 18.8 Å². The second-order valence-corrected chi connectivity index (χ2v) is 21.5. The van der Waals surface area contributed by atoms with Gasteiger partial charge in [-0.05, 0) is 70.6 Å². The number of carbonyl (C=O) groups is 1. The van der Waals surface area contributed by atoms with E-state index in [0.717, 1.165) is 83.5 Å². The average Bonchev–Trinajstić information content (AvgIpc) is 3.39. The molecule has 0 rings (SSSR count). The maximum atomic E-state index is 12.5. The topological polar surface area (TPSA) is 69.6 Å². The highest BCUT2D eigenvalue weighted by atomic mass is 16.3. The van der Waals surface area contributed by atoms with Gasteiger partial charge in [-0.25, -0.2) is 0 Å². The lowest BCUT2D eigenvalue weighted by Gasteiger charge is -2.22. The minimum atomic E-state index is -0.672. The smallest absolute Gasteiger partial charge is 0.220 e. The number of hydrogen-bond acceptors (Lipinski definition) is 3. The number of rotatable bonds is 58. The van der Waals surface area contributed by atoms with Gasteiger partial charge in [-0.3, -0.25) is 4.79 Å². The summed E-state index contributed by atoms with van der Waals surface area (Å²) in [6.45, 7) is 4.26. The fourth-order valence-corrected chi connectivity index (χ4v) is 9.64. The molecule has 0 aliphatic carbocycles. The molecular weight excluding hydrogens is 879 g/mol. The first-order valence-electron chi connectivity index (χ1n) is 31.8. The Bertz CT molecular complexity index is 1270. The predicted octanol–water partition coefficient (Wildman–Crippen LogP) is 21.5. The van der Waals surface area contributed by atoms with Gasteiger partial charge in [0, 0.05) is 6.42 Å². The Labute approximate surface area is 450 Å². The van der Waals surface area contributed by atoms with Gasteiger partial charge in [0.25, 0.3) is 0 Å². The third-order valence-corrected chi connectivity index (χ3v) is 14.4. The molecule has 0 spiro atoms. The fraction of sp³-hybridized carbons (Fsp3) is 0.779. The van der Waals surface area contributed by atoms with E-state index in [4.69, 9.17) is 0 Å². The lowest BCUT2D eigenvalue weighted by Crippen LogP contribution is -2.45. The van der Waals surface area contributed by atoms with Crippen molar-refractivity contribution >= 4 is 5.91 Å². The number of aliphatic hydroxyl groups excluding tert-OH is 2. The van der Waals surface area contributed by atoms with E-state index in [1.165, 1.54) is 212 Å². The van der Waals surface area contributed by atoms with Crippen LogP contribution in [0.3, 0.4) is 0 Å². The molecule has 2 unspecified atom stereocenters. The summed E-state index contributed by atoms with van der Waals surface area (Å²) in [4.78, 5) is 12.5. The molecular formula is C68H123NO3. The summed E-state index contributed by atoms with van der Waals surface area (Å²) >= 11 is 0.